The molecule has 0 aliphatic carbocycles. The summed E-state index contributed by atoms with van der Waals surface area (Å²) in [5, 5.41) is 0.938. The Morgan fingerprint density at radius 2 is 1.92 bits per heavy atom. The highest BCUT2D eigenvalue weighted by molar-refractivity contribution is 8.00. The van der Waals surface area contributed by atoms with Gasteiger partial charge in [0.25, 0.3) is 0 Å². The molecule has 0 saturated heterocycles. The predicted octanol–water partition coefficient (Wildman–Crippen LogP) is 2.86. The van der Waals surface area contributed by atoms with Crippen molar-refractivity contribution in [2.75, 3.05) is 5.73 Å². The standard InChI is InChI=1S/C10H16N2S/c1-7-5-6-8(11)9(12-7)13-10(2,3)4/h5-6H,11H2,1-4H3. The molecule has 13 heavy (non-hydrogen) atoms. The van der Waals surface area contributed by atoms with E-state index in [0.717, 1.165) is 16.4 Å². The molecule has 0 aliphatic heterocycles. The second kappa shape index (κ2) is 3.58. The monoisotopic (exact) mass is 196 g/mol. The Labute approximate surface area is 83.9 Å². The summed E-state index contributed by atoms with van der Waals surface area (Å²) >= 11 is 1.71. The van der Waals surface area contributed by atoms with Crippen LogP contribution in [0.5, 0.6) is 0 Å². The average Bonchev–Trinajstić information content (AvgIpc) is 1.94. The van der Waals surface area contributed by atoms with Crippen molar-refractivity contribution in [3.05, 3.63) is 17.8 Å². The van der Waals surface area contributed by atoms with Crippen molar-refractivity contribution in [1.82, 2.24) is 4.98 Å². The van der Waals surface area contributed by atoms with Crippen molar-refractivity contribution < 1.29 is 0 Å². The molecule has 0 spiro atoms. The Morgan fingerprint density at radius 1 is 1.31 bits per heavy atom. The number of thioether (sulfide) groups is 1. The normalized spacial score (nSPS) is 11.7. The highest BCUT2D eigenvalue weighted by Crippen LogP contribution is 2.33. The van der Waals surface area contributed by atoms with Crippen molar-refractivity contribution in [3.63, 3.8) is 0 Å². The van der Waals surface area contributed by atoms with E-state index >= 15 is 0 Å². The molecular formula is C10H16N2S. The van der Waals surface area contributed by atoms with Crippen molar-refractivity contribution >= 4 is 17.4 Å². The van der Waals surface area contributed by atoms with E-state index in [1.165, 1.54) is 0 Å². The Morgan fingerprint density at radius 3 is 2.46 bits per heavy atom. The van der Waals surface area contributed by atoms with Crippen LogP contribution in [0.2, 0.25) is 0 Å². The lowest BCUT2D eigenvalue weighted by Crippen LogP contribution is -2.08. The van der Waals surface area contributed by atoms with Crippen LogP contribution in [0.3, 0.4) is 0 Å². The molecule has 1 aromatic rings. The van der Waals surface area contributed by atoms with E-state index in [4.69, 9.17) is 5.73 Å². The molecule has 0 bridgehead atoms. The third-order valence-electron chi connectivity index (χ3n) is 1.43. The molecule has 1 heterocycles. The van der Waals surface area contributed by atoms with E-state index < -0.39 is 0 Å². The van der Waals surface area contributed by atoms with E-state index in [1.54, 1.807) is 11.8 Å². The van der Waals surface area contributed by atoms with Crippen LogP contribution in [0.25, 0.3) is 0 Å². The van der Waals surface area contributed by atoms with Gasteiger partial charge in [-0.05, 0) is 19.1 Å². The SMILES string of the molecule is Cc1ccc(N)c(SC(C)(C)C)n1. The molecule has 2 nitrogen and oxygen atoms in total. The summed E-state index contributed by atoms with van der Waals surface area (Å²) in [5.41, 5.74) is 7.60. The Kier molecular flexibility index (Phi) is 2.86. The number of nitrogens with two attached hydrogens (primary N) is 1. The Bertz CT molecular complexity index is 302. The zero-order chi connectivity index (χ0) is 10.1. The largest absolute Gasteiger partial charge is 0.397 e. The molecule has 1 aromatic heterocycles. The van der Waals surface area contributed by atoms with Gasteiger partial charge in [0.15, 0.2) is 0 Å². The number of aryl methyl sites for hydroxylation is 1. The van der Waals surface area contributed by atoms with Gasteiger partial charge in [0.05, 0.1) is 5.69 Å². The summed E-state index contributed by atoms with van der Waals surface area (Å²) in [5.74, 6) is 0. The molecular weight excluding hydrogens is 180 g/mol. The Hall–Kier alpha value is -0.700. The van der Waals surface area contributed by atoms with E-state index in [9.17, 15) is 0 Å². The van der Waals surface area contributed by atoms with Gasteiger partial charge < -0.3 is 5.73 Å². The lowest BCUT2D eigenvalue weighted by Gasteiger charge is -2.17. The maximum absolute atomic E-state index is 5.81. The quantitative estimate of drug-likeness (QED) is 0.702. The van der Waals surface area contributed by atoms with E-state index in [2.05, 4.69) is 25.8 Å². The number of nitrogen functional groups attached to an aromatic ring is 1. The summed E-state index contributed by atoms with van der Waals surface area (Å²) in [4.78, 5) is 4.40. The van der Waals surface area contributed by atoms with Gasteiger partial charge in [-0.1, -0.05) is 32.5 Å². The van der Waals surface area contributed by atoms with Gasteiger partial charge in [-0.25, -0.2) is 4.98 Å². The van der Waals surface area contributed by atoms with Crippen molar-refractivity contribution in [2.24, 2.45) is 0 Å². The van der Waals surface area contributed by atoms with Crippen molar-refractivity contribution in [1.29, 1.82) is 0 Å². The third-order valence-corrected chi connectivity index (χ3v) is 2.56. The number of nitrogens with zero attached hydrogens (tertiary/aromatic N) is 1. The lowest BCUT2D eigenvalue weighted by molar-refractivity contribution is 0.799. The highest BCUT2D eigenvalue weighted by Gasteiger charge is 2.14. The average molecular weight is 196 g/mol. The van der Waals surface area contributed by atoms with Gasteiger partial charge in [0.1, 0.15) is 5.03 Å². The lowest BCUT2D eigenvalue weighted by atomic mass is 10.3. The zero-order valence-corrected chi connectivity index (χ0v) is 9.40. The summed E-state index contributed by atoms with van der Waals surface area (Å²) in [6.07, 6.45) is 0. The van der Waals surface area contributed by atoms with Gasteiger partial charge in [-0.2, -0.15) is 0 Å². The van der Waals surface area contributed by atoms with Crippen LogP contribution in [0, 0.1) is 6.92 Å². The van der Waals surface area contributed by atoms with Crippen LogP contribution in [0.1, 0.15) is 26.5 Å². The van der Waals surface area contributed by atoms with Gasteiger partial charge in [0.2, 0.25) is 0 Å². The molecule has 1 rings (SSSR count). The van der Waals surface area contributed by atoms with Crippen LogP contribution in [-0.2, 0) is 0 Å². The molecule has 0 saturated carbocycles. The fraction of sp³-hybridized carbons (Fsp3) is 0.500. The predicted molar refractivity (Wildman–Crippen MR) is 59.0 cm³/mol. The van der Waals surface area contributed by atoms with Gasteiger partial charge in [0, 0.05) is 10.4 Å². The minimum atomic E-state index is 0.162. The number of pyridine rings is 1. The molecule has 2 N–H and O–H groups in total. The fourth-order valence-corrected chi connectivity index (χ4v) is 1.87. The molecule has 0 fully saturated rings. The molecule has 3 heteroatoms. The number of hydrogen-bond donors (Lipinski definition) is 1. The molecule has 0 unspecified atom stereocenters. The minimum Gasteiger partial charge on any atom is -0.397 e. The number of aromatic nitrogens is 1. The van der Waals surface area contributed by atoms with Gasteiger partial charge in [-0.15, -0.1) is 0 Å². The maximum Gasteiger partial charge on any atom is 0.120 e. The zero-order valence-electron chi connectivity index (χ0n) is 8.59. The fourth-order valence-electron chi connectivity index (χ4n) is 0.915. The smallest absolute Gasteiger partial charge is 0.120 e. The first-order valence-corrected chi connectivity index (χ1v) is 5.12. The number of rotatable bonds is 1. The van der Waals surface area contributed by atoms with Crippen LogP contribution in [0.15, 0.2) is 17.2 Å². The van der Waals surface area contributed by atoms with Crippen LogP contribution < -0.4 is 5.73 Å². The molecule has 0 aromatic carbocycles. The van der Waals surface area contributed by atoms with Crippen LogP contribution in [-0.4, -0.2) is 9.73 Å². The Balaban J connectivity index is 2.94. The number of hydrogen-bond acceptors (Lipinski definition) is 3. The first-order valence-electron chi connectivity index (χ1n) is 4.30. The highest BCUT2D eigenvalue weighted by atomic mass is 32.2. The van der Waals surface area contributed by atoms with Gasteiger partial charge in [-0.3, -0.25) is 0 Å². The van der Waals surface area contributed by atoms with Gasteiger partial charge >= 0.3 is 0 Å². The first-order chi connectivity index (χ1) is 5.88. The summed E-state index contributed by atoms with van der Waals surface area (Å²) < 4.78 is 0.162. The molecule has 0 atom stereocenters. The molecule has 72 valence electrons. The second-order valence-corrected chi connectivity index (χ2v) is 5.88. The van der Waals surface area contributed by atoms with E-state index in [-0.39, 0.29) is 4.75 Å². The van der Waals surface area contributed by atoms with Crippen LogP contribution in [0.4, 0.5) is 5.69 Å². The first kappa shape index (κ1) is 10.4. The van der Waals surface area contributed by atoms with E-state index in [0.29, 0.717) is 0 Å². The van der Waals surface area contributed by atoms with Crippen LogP contribution >= 0.6 is 11.8 Å². The topological polar surface area (TPSA) is 38.9 Å². The molecule has 0 amide bonds. The number of anilines is 1. The molecule has 0 aliphatic rings. The van der Waals surface area contributed by atoms with Crippen molar-refractivity contribution in [2.45, 2.75) is 37.5 Å². The summed E-state index contributed by atoms with van der Waals surface area (Å²) in [6, 6.07) is 3.85. The second-order valence-electron chi connectivity index (χ2n) is 4.06. The molecule has 0 radical (unpaired) electrons. The van der Waals surface area contributed by atoms with Crippen molar-refractivity contribution in [3.8, 4) is 0 Å². The summed E-state index contributed by atoms with van der Waals surface area (Å²) in [7, 11) is 0. The third kappa shape index (κ3) is 3.27. The van der Waals surface area contributed by atoms with E-state index in [1.807, 2.05) is 19.1 Å². The minimum absolute atomic E-state index is 0.162. The maximum atomic E-state index is 5.81. The summed E-state index contributed by atoms with van der Waals surface area (Å²) in [6.45, 7) is 8.44.